The van der Waals surface area contributed by atoms with Gasteiger partial charge in [0, 0.05) is 30.4 Å². The van der Waals surface area contributed by atoms with Crippen LogP contribution in [0.2, 0.25) is 0 Å². The van der Waals surface area contributed by atoms with Crippen molar-refractivity contribution >= 4 is 34.8 Å². The average molecular weight is 572 g/mol. The number of hydrogen-bond donors (Lipinski definition) is 0. The van der Waals surface area contributed by atoms with Crippen LogP contribution < -0.4 is 9.47 Å². The lowest BCUT2D eigenvalue weighted by Gasteiger charge is -2.38. The maximum Gasteiger partial charge on any atom is 0.338 e. The molecule has 0 saturated carbocycles. The van der Waals surface area contributed by atoms with E-state index in [9.17, 15) is 14.4 Å². The van der Waals surface area contributed by atoms with E-state index in [1.165, 1.54) is 11.8 Å². The molecule has 0 spiro atoms. The summed E-state index contributed by atoms with van der Waals surface area (Å²) in [6, 6.07) is 4.80. The highest BCUT2D eigenvalue weighted by Crippen LogP contribution is 2.47. The van der Waals surface area contributed by atoms with Crippen LogP contribution in [0.25, 0.3) is 0 Å². The first-order chi connectivity index (χ1) is 19.2. The Morgan fingerprint density at radius 3 is 2.62 bits per heavy atom. The fourth-order valence-corrected chi connectivity index (χ4v) is 6.13. The molecular formula is C29H37N3O7S. The number of amidine groups is 1. The second-order valence-corrected chi connectivity index (χ2v) is 10.9. The summed E-state index contributed by atoms with van der Waals surface area (Å²) in [7, 11) is 3.14. The summed E-state index contributed by atoms with van der Waals surface area (Å²) in [5.74, 6) is -0.0173. The SMILES string of the molecule is CCOC(=O)[C@@H]1CCCN(C(=O)CC2=CSC3=NC(C)=C(C(=O)OC(C)C)[C@H](c4ccc(OC)cc4OC)N23)C1. The molecule has 0 radical (unpaired) electrons. The zero-order chi connectivity index (χ0) is 29.0. The van der Waals surface area contributed by atoms with Gasteiger partial charge in [-0.15, -0.1) is 0 Å². The molecule has 2 atom stereocenters. The minimum Gasteiger partial charge on any atom is -0.497 e. The van der Waals surface area contributed by atoms with Crippen molar-refractivity contribution in [2.24, 2.45) is 10.9 Å². The van der Waals surface area contributed by atoms with Gasteiger partial charge >= 0.3 is 11.9 Å². The van der Waals surface area contributed by atoms with E-state index < -0.39 is 12.0 Å². The number of likely N-dealkylation sites (tertiary alicyclic amines) is 1. The molecule has 0 bridgehead atoms. The van der Waals surface area contributed by atoms with Gasteiger partial charge in [-0.25, -0.2) is 9.79 Å². The topological polar surface area (TPSA) is 107 Å². The van der Waals surface area contributed by atoms with Gasteiger partial charge in [-0.05, 0) is 58.1 Å². The first-order valence-electron chi connectivity index (χ1n) is 13.5. The molecule has 1 aromatic rings. The Morgan fingerprint density at radius 2 is 1.95 bits per heavy atom. The minimum absolute atomic E-state index is 0.0854. The van der Waals surface area contributed by atoms with Crippen LogP contribution in [0.5, 0.6) is 11.5 Å². The van der Waals surface area contributed by atoms with Crippen molar-refractivity contribution in [3.8, 4) is 11.5 Å². The molecule has 3 aliphatic rings. The normalized spacial score (nSPS) is 20.6. The number of fused-ring (bicyclic) bond motifs is 1. The van der Waals surface area contributed by atoms with Crippen molar-refractivity contribution in [1.29, 1.82) is 0 Å². The number of rotatable bonds is 9. The van der Waals surface area contributed by atoms with E-state index in [1.807, 2.05) is 22.4 Å². The third-order valence-electron chi connectivity index (χ3n) is 7.02. The molecule has 216 valence electrons. The number of benzene rings is 1. The fourth-order valence-electron chi connectivity index (χ4n) is 5.17. The molecule has 0 unspecified atom stereocenters. The van der Waals surface area contributed by atoms with E-state index in [4.69, 9.17) is 23.9 Å². The number of esters is 2. The van der Waals surface area contributed by atoms with E-state index in [0.717, 1.165) is 6.42 Å². The Morgan fingerprint density at radius 1 is 1.18 bits per heavy atom. The quantitative estimate of drug-likeness (QED) is 0.398. The number of carbonyl (C=O) groups is 3. The number of amides is 1. The van der Waals surface area contributed by atoms with Crippen molar-refractivity contribution in [3.05, 3.63) is 46.1 Å². The van der Waals surface area contributed by atoms with Gasteiger partial charge in [0.2, 0.25) is 5.91 Å². The van der Waals surface area contributed by atoms with Crippen LogP contribution in [0.4, 0.5) is 0 Å². The second kappa shape index (κ2) is 12.8. The number of aliphatic imine (C=N–C) groups is 1. The average Bonchev–Trinajstić information content (AvgIpc) is 3.33. The van der Waals surface area contributed by atoms with Gasteiger partial charge in [0.05, 0.1) is 56.6 Å². The number of allylic oxidation sites excluding steroid dienone is 1. The zero-order valence-electron chi connectivity index (χ0n) is 23.9. The first-order valence-corrected chi connectivity index (χ1v) is 14.4. The van der Waals surface area contributed by atoms with Crippen LogP contribution >= 0.6 is 11.8 Å². The summed E-state index contributed by atoms with van der Waals surface area (Å²) in [5, 5.41) is 2.56. The molecule has 0 N–H and O–H groups in total. The predicted octanol–water partition coefficient (Wildman–Crippen LogP) is 4.42. The van der Waals surface area contributed by atoms with Gasteiger partial charge in [0.1, 0.15) is 11.5 Å². The van der Waals surface area contributed by atoms with Gasteiger partial charge in [0.15, 0.2) is 5.17 Å². The summed E-state index contributed by atoms with van der Waals surface area (Å²) >= 11 is 1.40. The summed E-state index contributed by atoms with van der Waals surface area (Å²) in [6.45, 7) is 8.39. The van der Waals surface area contributed by atoms with E-state index in [1.54, 1.807) is 52.9 Å². The maximum atomic E-state index is 13.5. The van der Waals surface area contributed by atoms with E-state index >= 15 is 0 Å². The summed E-state index contributed by atoms with van der Waals surface area (Å²) in [5.41, 5.74) is 2.34. The van der Waals surface area contributed by atoms with Crippen LogP contribution in [0, 0.1) is 5.92 Å². The summed E-state index contributed by atoms with van der Waals surface area (Å²) in [6.07, 6.45) is 1.20. The molecule has 0 aliphatic carbocycles. The van der Waals surface area contributed by atoms with Gasteiger partial charge in [-0.1, -0.05) is 11.8 Å². The predicted molar refractivity (Wildman–Crippen MR) is 152 cm³/mol. The Labute approximate surface area is 239 Å². The standard InChI is InChI=1S/C29H37N3O7S/c1-7-38-27(34)19-9-8-12-31(15-19)24(33)13-20-16-40-29-30-18(4)25(28(35)39-17(2)3)26(32(20)29)22-11-10-21(36-5)14-23(22)37-6/h10-11,14,16-17,19,26H,7-9,12-13,15H2,1-6H3/t19-,26+/m1/s1. The van der Waals surface area contributed by atoms with Crippen molar-refractivity contribution in [2.45, 2.75) is 59.1 Å². The number of thioether (sulfide) groups is 1. The Kier molecular flexibility index (Phi) is 9.44. The first kappa shape index (κ1) is 29.5. The van der Waals surface area contributed by atoms with Crippen molar-refractivity contribution in [2.75, 3.05) is 33.9 Å². The monoisotopic (exact) mass is 571 g/mol. The molecule has 1 aromatic carbocycles. The van der Waals surface area contributed by atoms with Crippen LogP contribution in [0.3, 0.4) is 0 Å². The van der Waals surface area contributed by atoms with Crippen LogP contribution in [0.1, 0.15) is 58.6 Å². The molecule has 0 aromatic heterocycles. The van der Waals surface area contributed by atoms with Crippen LogP contribution in [-0.4, -0.2) is 72.8 Å². The molecular weight excluding hydrogens is 534 g/mol. The molecule has 1 amide bonds. The number of ether oxygens (including phenoxy) is 4. The fraction of sp³-hybridized carbons (Fsp3) is 0.517. The third kappa shape index (κ3) is 6.14. The molecule has 3 heterocycles. The molecule has 11 heteroatoms. The Bertz CT molecular complexity index is 1260. The number of piperidine rings is 1. The Balaban J connectivity index is 1.67. The highest BCUT2D eigenvalue weighted by molar-refractivity contribution is 8.16. The van der Waals surface area contributed by atoms with E-state index in [-0.39, 0.29) is 30.3 Å². The van der Waals surface area contributed by atoms with Crippen molar-refractivity contribution in [1.82, 2.24) is 9.80 Å². The molecule has 1 saturated heterocycles. The molecule has 10 nitrogen and oxygen atoms in total. The summed E-state index contributed by atoms with van der Waals surface area (Å²) in [4.78, 5) is 47.7. The lowest BCUT2D eigenvalue weighted by Crippen LogP contribution is -2.44. The molecule has 40 heavy (non-hydrogen) atoms. The van der Waals surface area contributed by atoms with Crippen molar-refractivity contribution in [3.63, 3.8) is 0 Å². The largest absolute Gasteiger partial charge is 0.497 e. The van der Waals surface area contributed by atoms with Crippen molar-refractivity contribution < 1.29 is 33.3 Å². The minimum atomic E-state index is -0.637. The van der Waals surface area contributed by atoms with Crippen LogP contribution in [0.15, 0.2) is 45.6 Å². The number of hydrogen-bond acceptors (Lipinski definition) is 10. The van der Waals surface area contributed by atoms with Gasteiger partial charge in [-0.2, -0.15) is 0 Å². The lowest BCUT2D eigenvalue weighted by molar-refractivity contribution is -0.151. The zero-order valence-corrected chi connectivity index (χ0v) is 24.7. The lowest BCUT2D eigenvalue weighted by atomic mass is 9.92. The van der Waals surface area contributed by atoms with Crippen LogP contribution in [-0.2, 0) is 23.9 Å². The van der Waals surface area contributed by atoms with E-state index in [2.05, 4.69) is 0 Å². The van der Waals surface area contributed by atoms with Gasteiger partial charge in [0.25, 0.3) is 0 Å². The Hall–Kier alpha value is -3.47. The second-order valence-electron chi connectivity index (χ2n) is 10.1. The smallest absolute Gasteiger partial charge is 0.338 e. The number of methoxy groups -OCH3 is 2. The van der Waals surface area contributed by atoms with E-state index in [0.29, 0.717) is 65.3 Å². The molecule has 4 rings (SSSR count). The highest BCUT2D eigenvalue weighted by atomic mass is 32.2. The maximum absolute atomic E-state index is 13.5. The molecule has 1 fully saturated rings. The highest BCUT2D eigenvalue weighted by Gasteiger charge is 2.43. The van der Waals surface area contributed by atoms with Gasteiger partial charge < -0.3 is 28.7 Å². The number of nitrogens with zero attached hydrogens (tertiary/aromatic N) is 3. The molecule has 3 aliphatic heterocycles. The third-order valence-corrected chi connectivity index (χ3v) is 7.91. The van der Waals surface area contributed by atoms with Gasteiger partial charge in [-0.3, -0.25) is 9.59 Å². The summed E-state index contributed by atoms with van der Waals surface area (Å²) < 4.78 is 22.0. The number of carbonyl (C=O) groups excluding carboxylic acids is 3.